The molecular weight excluding hydrogens is 264 g/mol. The first-order valence-electron chi connectivity index (χ1n) is 7.16. The van der Waals surface area contributed by atoms with Gasteiger partial charge in [0.05, 0.1) is 0 Å². The molecule has 0 fully saturated rings. The van der Waals surface area contributed by atoms with E-state index in [2.05, 4.69) is 67.4 Å². The molecule has 3 heteroatoms. The van der Waals surface area contributed by atoms with E-state index in [4.69, 9.17) is 5.73 Å². The van der Waals surface area contributed by atoms with E-state index in [-0.39, 0.29) is 6.04 Å². The third-order valence-corrected chi connectivity index (χ3v) is 4.49. The van der Waals surface area contributed by atoms with Crippen molar-refractivity contribution < 1.29 is 0 Å². The van der Waals surface area contributed by atoms with Crippen molar-refractivity contribution in [2.45, 2.75) is 39.4 Å². The van der Waals surface area contributed by atoms with Crippen LogP contribution in [0.15, 0.2) is 41.8 Å². The third-order valence-electron chi connectivity index (χ3n) is 3.63. The Labute approximate surface area is 126 Å². The number of nitrogens with zero attached hydrogens (tertiary/aromatic N) is 1. The van der Waals surface area contributed by atoms with Crippen LogP contribution >= 0.6 is 11.3 Å². The number of nitrogens with two attached hydrogens (primary N) is 1. The summed E-state index contributed by atoms with van der Waals surface area (Å²) < 4.78 is 0. The summed E-state index contributed by atoms with van der Waals surface area (Å²) >= 11 is 1.81. The summed E-state index contributed by atoms with van der Waals surface area (Å²) in [5.41, 5.74) is 8.69. The second-order valence-electron chi connectivity index (χ2n) is 5.51. The van der Waals surface area contributed by atoms with Crippen LogP contribution in [-0.2, 0) is 6.54 Å². The molecule has 0 aliphatic rings. The van der Waals surface area contributed by atoms with Gasteiger partial charge in [-0.3, -0.25) is 4.90 Å². The van der Waals surface area contributed by atoms with Crippen LogP contribution in [0.1, 0.15) is 35.9 Å². The van der Waals surface area contributed by atoms with Crippen molar-refractivity contribution in [1.29, 1.82) is 0 Å². The fourth-order valence-electron chi connectivity index (χ4n) is 2.58. The normalized spacial score (nSPS) is 13.1. The highest BCUT2D eigenvalue weighted by atomic mass is 32.1. The Hall–Kier alpha value is -1.16. The number of benzene rings is 1. The Balaban J connectivity index is 2.25. The van der Waals surface area contributed by atoms with E-state index < -0.39 is 0 Å². The van der Waals surface area contributed by atoms with E-state index in [9.17, 15) is 0 Å². The molecule has 2 N–H and O–H groups in total. The molecule has 0 radical (unpaired) electrons. The molecular formula is C17H24N2S. The van der Waals surface area contributed by atoms with Crippen molar-refractivity contribution in [2.24, 2.45) is 5.73 Å². The van der Waals surface area contributed by atoms with Crippen molar-refractivity contribution in [3.63, 3.8) is 0 Å². The first kappa shape index (κ1) is 15.2. The van der Waals surface area contributed by atoms with Crippen LogP contribution < -0.4 is 5.73 Å². The van der Waals surface area contributed by atoms with Gasteiger partial charge in [-0.15, -0.1) is 11.3 Å². The zero-order valence-corrected chi connectivity index (χ0v) is 13.4. The van der Waals surface area contributed by atoms with Crippen LogP contribution in [0.5, 0.6) is 0 Å². The second kappa shape index (κ2) is 7.02. The first-order chi connectivity index (χ1) is 9.61. The Morgan fingerprint density at radius 3 is 2.55 bits per heavy atom. The van der Waals surface area contributed by atoms with Gasteiger partial charge in [0.25, 0.3) is 0 Å². The number of hydrogen-bond acceptors (Lipinski definition) is 3. The quantitative estimate of drug-likeness (QED) is 0.871. The molecule has 1 aromatic carbocycles. The lowest BCUT2D eigenvalue weighted by atomic mass is 10.0. The number of aryl methyl sites for hydroxylation is 1. The predicted molar refractivity (Wildman–Crippen MR) is 88.0 cm³/mol. The van der Waals surface area contributed by atoms with Gasteiger partial charge in [0.2, 0.25) is 0 Å². The van der Waals surface area contributed by atoms with Crippen molar-refractivity contribution in [3.8, 4) is 0 Å². The maximum atomic E-state index is 6.08. The molecule has 0 aliphatic carbocycles. The largest absolute Gasteiger partial charge is 0.329 e. The molecule has 0 saturated heterocycles. The second-order valence-corrected chi connectivity index (χ2v) is 6.54. The van der Waals surface area contributed by atoms with Gasteiger partial charge >= 0.3 is 0 Å². The van der Waals surface area contributed by atoms with Crippen LogP contribution in [0, 0.1) is 6.92 Å². The van der Waals surface area contributed by atoms with Gasteiger partial charge in [0, 0.05) is 30.1 Å². The third kappa shape index (κ3) is 3.69. The number of rotatable bonds is 6. The number of thiophene rings is 1. The van der Waals surface area contributed by atoms with Crippen LogP contribution in [-0.4, -0.2) is 17.5 Å². The topological polar surface area (TPSA) is 29.3 Å². The smallest absolute Gasteiger partial charge is 0.0477 e. The van der Waals surface area contributed by atoms with Crippen molar-refractivity contribution >= 4 is 11.3 Å². The first-order valence-corrected chi connectivity index (χ1v) is 8.04. The van der Waals surface area contributed by atoms with Gasteiger partial charge < -0.3 is 5.73 Å². The van der Waals surface area contributed by atoms with Gasteiger partial charge in [-0.25, -0.2) is 0 Å². The molecule has 20 heavy (non-hydrogen) atoms. The maximum Gasteiger partial charge on any atom is 0.0477 e. The van der Waals surface area contributed by atoms with Crippen molar-refractivity contribution in [2.75, 3.05) is 6.54 Å². The highest BCUT2D eigenvalue weighted by Gasteiger charge is 2.22. The van der Waals surface area contributed by atoms with Gasteiger partial charge in [-0.1, -0.05) is 35.9 Å². The van der Waals surface area contributed by atoms with Gasteiger partial charge in [0.1, 0.15) is 0 Å². The molecule has 2 rings (SSSR count). The highest BCUT2D eigenvalue weighted by molar-refractivity contribution is 7.09. The molecule has 0 saturated carbocycles. The molecule has 1 unspecified atom stereocenters. The van der Waals surface area contributed by atoms with Crippen molar-refractivity contribution in [1.82, 2.24) is 4.90 Å². The fraction of sp³-hybridized carbons (Fsp3) is 0.412. The molecule has 0 spiro atoms. The fourth-order valence-corrected chi connectivity index (χ4v) is 3.29. The molecule has 2 nitrogen and oxygen atoms in total. The summed E-state index contributed by atoms with van der Waals surface area (Å²) in [6.45, 7) is 8.23. The van der Waals surface area contributed by atoms with E-state index in [1.807, 2.05) is 11.3 Å². The SMILES string of the molecule is Cc1cccc(C(CN)N(Cc2cccs2)C(C)C)c1. The van der Waals surface area contributed by atoms with Gasteiger partial charge in [0.15, 0.2) is 0 Å². The van der Waals surface area contributed by atoms with E-state index in [1.54, 1.807) is 0 Å². The molecule has 0 bridgehead atoms. The molecule has 0 amide bonds. The minimum Gasteiger partial charge on any atom is -0.329 e. The summed E-state index contributed by atoms with van der Waals surface area (Å²) in [6, 6.07) is 13.7. The molecule has 108 valence electrons. The lowest BCUT2D eigenvalue weighted by molar-refractivity contribution is 0.149. The minimum absolute atomic E-state index is 0.275. The van der Waals surface area contributed by atoms with E-state index >= 15 is 0 Å². The van der Waals surface area contributed by atoms with Gasteiger partial charge in [-0.05, 0) is 37.8 Å². The average molecular weight is 288 g/mol. The standard InChI is InChI=1S/C17H24N2S/c1-13(2)19(12-16-8-5-9-20-16)17(11-18)15-7-4-6-14(3)10-15/h4-10,13,17H,11-12,18H2,1-3H3. The summed E-state index contributed by atoms with van der Waals surface area (Å²) in [7, 11) is 0. The molecule has 1 atom stereocenters. The molecule has 1 heterocycles. The zero-order valence-electron chi connectivity index (χ0n) is 12.5. The Kier molecular flexibility index (Phi) is 5.35. The summed E-state index contributed by atoms with van der Waals surface area (Å²) in [5.74, 6) is 0. The van der Waals surface area contributed by atoms with E-state index in [0.29, 0.717) is 12.6 Å². The highest BCUT2D eigenvalue weighted by Crippen LogP contribution is 2.26. The average Bonchev–Trinajstić information content (AvgIpc) is 2.91. The monoisotopic (exact) mass is 288 g/mol. The zero-order chi connectivity index (χ0) is 14.5. The van der Waals surface area contributed by atoms with Crippen LogP contribution in [0.25, 0.3) is 0 Å². The van der Waals surface area contributed by atoms with E-state index in [0.717, 1.165) is 6.54 Å². The molecule has 2 aromatic rings. The minimum atomic E-state index is 0.275. The Bertz CT molecular complexity index is 520. The summed E-state index contributed by atoms with van der Waals surface area (Å²) in [5, 5.41) is 2.14. The lowest BCUT2D eigenvalue weighted by Crippen LogP contribution is -2.38. The maximum absolute atomic E-state index is 6.08. The lowest BCUT2D eigenvalue weighted by Gasteiger charge is -2.34. The van der Waals surface area contributed by atoms with Crippen molar-refractivity contribution in [3.05, 3.63) is 57.8 Å². The summed E-state index contributed by atoms with van der Waals surface area (Å²) in [4.78, 5) is 3.88. The van der Waals surface area contributed by atoms with Gasteiger partial charge in [-0.2, -0.15) is 0 Å². The molecule has 1 aromatic heterocycles. The predicted octanol–water partition coefficient (Wildman–Crippen LogP) is 3.97. The van der Waals surface area contributed by atoms with Crippen LogP contribution in [0.3, 0.4) is 0 Å². The van der Waals surface area contributed by atoms with E-state index in [1.165, 1.54) is 16.0 Å². The summed E-state index contributed by atoms with van der Waals surface area (Å²) in [6.07, 6.45) is 0. The van der Waals surface area contributed by atoms with Crippen LogP contribution in [0.4, 0.5) is 0 Å². The number of hydrogen-bond donors (Lipinski definition) is 1. The Morgan fingerprint density at radius 1 is 1.20 bits per heavy atom. The molecule has 0 aliphatic heterocycles. The van der Waals surface area contributed by atoms with Crippen LogP contribution in [0.2, 0.25) is 0 Å². The Morgan fingerprint density at radius 2 is 2.00 bits per heavy atom.